The average Bonchev–Trinajstić information content (AvgIpc) is 3.34. The maximum absolute atomic E-state index is 13.8. The van der Waals surface area contributed by atoms with Crippen LogP contribution in [-0.2, 0) is 19.2 Å². The number of ketones is 4. The fourth-order valence-corrected chi connectivity index (χ4v) is 6.22. The third-order valence-corrected chi connectivity index (χ3v) is 7.96. The number of carbonyl (C=O) groups is 5. The van der Waals surface area contributed by atoms with E-state index in [1.807, 2.05) is 0 Å². The molecular weight excluding hydrogens is 498 g/mol. The van der Waals surface area contributed by atoms with Crippen LogP contribution in [0, 0.1) is 23.7 Å². The standard InChI is InChI=1S/C27H21NO10/c28-26(35)20-15(30)8-13-22(31)19-12(6-10-4-5-16-17(7-10)38-9-37-16)11-2-1-3-14(29)18(11)23(32)21(19)25(34)27(13,36)24(20)33/h1-7,13,19-22,29,31,36H,8-9H2,(H2,28,35)/t13-,19-,20?,21?,22-,27-/m1/s1. The number of fused-ring (bicyclic) bond motifs is 4. The van der Waals surface area contributed by atoms with Crippen molar-refractivity contribution in [3.63, 3.8) is 0 Å². The molecule has 1 amide bonds. The Bertz CT molecular complexity index is 1510. The number of nitrogens with two attached hydrogens (primary N) is 1. The Labute approximate surface area is 214 Å². The second-order valence-corrected chi connectivity index (χ2v) is 9.88. The van der Waals surface area contributed by atoms with Crippen molar-refractivity contribution < 1.29 is 48.8 Å². The van der Waals surface area contributed by atoms with Gasteiger partial charge in [-0.1, -0.05) is 24.3 Å². The van der Waals surface area contributed by atoms with Crippen molar-refractivity contribution in [2.24, 2.45) is 29.4 Å². The number of aromatic hydroxyl groups is 1. The molecule has 2 fully saturated rings. The van der Waals surface area contributed by atoms with Gasteiger partial charge < -0.3 is 30.5 Å². The number of ether oxygens (including phenoxy) is 2. The molecule has 0 spiro atoms. The zero-order chi connectivity index (χ0) is 27.1. The highest BCUT2D eigenvalue weighted by Gasteiger charge is 2.69. The zero-order valence-electron chi connectivity index (χ0n) is 19.6. The molecule has 2 saturated carbocycles. The van der Waals surface area contributed by atoms with Crippen LogP contribution < -0.4 is 15.2 Å². The maximum Gasteiger partial charge on any atom is 0.235 e. The van der Waals surface area contributed by atoms with Gasteiger partial charge in [0, 0.05) is 18.3 Å². The first-order valence-electron chi connectivity index (χ1n) is 11.8. The highest BCUT2D eigenvalue weighted by atomic mass is 16.7. The summed E-state index contributed by atoms with van der Waals surface area (Å²) in [5.74, 6) is -12.1. The van der Waals surface area contributed by atoms with Gasteiger partial charge in [-0.05, 0) is 34.9 Å². The molecule has 1 aliphatic heterocycles. The van der Waals surface area contributed by atoms with Crippen molar-refractivity contribution in [1.29, 1.82) is 0 Å². The number of aliphatic hydroxyl groups excluding tert-OH is 1. The topological polar surface area (TPSA) is 191 Å². The van der Waals surface area contributed by atoms with E-state index >= 15 is 0 Å². The Morgan fingerprint density at radius 2 is 1.79 bits per heavy atom. The van der Waals surface area contributed by atoms with E-state index in [-0.39, 0.29) is 23.5 Å². The van der Waals surface area contributed by atoms with Crippen molar-refractivity contribution in [3.8, 4) is 17.2 Å². The molecule has 3 aliphatic carbocycles. The molecule has 11 nitrogen and oxygen atoms in total. The van der Waals surface area contributed by atoms with Crippen LogP contribution in [0.4, 0.5) is 0 Å². The number of benzene rings is 2. The molecular formula is C27H21NO10. The lowest BCUT2D eigenvalue weighted by Gasteiger charge is -2.51. The summed E-state index contributed by atoms with van der Waals surface area (Å²) in [7, 11) is 0. The molecule has 1 heterocycles. The summed E-state index contributed by atoms with van der Waals surface area (Å²) in [6.45, 7) is 0.0348. The van der Waals surface area contributed by atoms with Gasteiger partial charge in [0.05, 0.1) is 17.6 Å². The normalized spacial score (nSPS) is 32.6. The number of hydrogen-bond acceptors (Lipinski definition) is 10. The van der Waals surface area contributed by atoms with Crippen molar-refractivity contribution in [2.75, 3.05) is 6.79 Å². The molecule has 6 rings (SSSR count). The third-order valence-electron chi connectivity index (χ3n) is 7.96. The van der Waals surface area contributed by atoms with Crippen molar-refractivity contribution in [3.05, 3.63) is 53.1 Å². The van der Waals surface area contributed by atoms with Crippen LogP contribution in [0.3, 0.4) is 0 Å². The summed E-state index contributed by atoms with van der Waals surface area (Å²) in [5.41, 5.74) is 3.07. The van der Waals surface area contributed by atoms with Gasteiger partial charge in [0.2, 0.25) is 12.7 Å². The van der Waals surface area contributed by atoms with Crippen LogP contribution >= 0.6 is 0 Å². The van der Waals surface area contributed by atoms with Crippen LogP contribution in [0.15, 0.2) is 36.4 Å². The third kappa shape index (κ3) is 3.06. The number of phenols is 1. The number of aliphatic hydroxyl groups is 2. The van der Waals surface area contributed by atoms with Gasteiger partial charge in [0.25, 0.3) is 0 Å². The summed E-state index contributed by atoms with van der Waals surface area (Å²) in [6, 6.07) is 9.29. The monoisotopic (exact) mass is 519 g/mol. The molecule has 2 aromatic carbocycles. The van der Waals surface area contributed by atoms with E-state index in [1.165, 1.54) is 12.1 Å². The molecule has 6 atom stereocenters. The van der Waals surface area contributed by atoms with Crippen molar-refractivity contribution in [1.82, 2.24) is 0 Å². The summed E-state index contributed by atoms with van der Waals surface area (Å²) in [6.07, 6.45) is -0.794. The summed E-state index contributed by atoms with van der Waals surface area (Å²) < 4.78 is 10.8. The lowest BCUT2D eigenvalue weighted by atomic mass is 9.51. The predicted octanol–water partition coefficient (Wildman–Crippen LogP) is 0.0245. The first kappa shape index (κ1) is 24.0. The fraction of sp³-hybridized carbons (Fsp3) is 0.296. The van der Waals surface area contributed by atoms with Gasteiger partial charge in [-0.15, -0.1) is 0 Å². The van der Waals surface area contributed by atoms with Gasteiger partial charge in [0.1, 0.15) is 5.75 Å². The first-order valence-corrected chi connectivity index (χ1v) is 11.8. The smallest absolute Gasteiger partial charge is 0.235 e. The minimum atomic E-state index is -2.99. The molecule has 4 aliphatic rings. The van der Waals surface area contributed by atoms with Crippen molar-refractivity contribution in [2.45, 2.75) is 18.1 Å². The summed E-state index contributed by atoms with van der Waals surface area (Å²) in [4.78, 5) is 65.1. The maximum atomic E-state index is 13.8. The van der Waals surface area contributed by atoms with Gasteiger partial charge in [0.15, 0.2) is 46.2 Å². The van der Waals surface area contributed by atoms with E-state index in [0.29, 0.717) is 17.1 Å². The number of amides is 1. The quantitative estimate of drug-likeness (QED) is 0.394. The van der Waals surface area contributed by atoms with Crippen LogP contribution in [0.1, 0.15) is 27.9 Å². The lowest BCUT2D eigenvalue weighted by Crippen LogP contribution is -2.72. The number of phenolic OH excluding ortho intramolecular Hbond substituents is 1. The Balaban J connectivity index is 1.56. The molecule has 2 aromatic rings. The Hall–Kier alpha value is -4.35. The predicted molar refractivity (Wildman–Crippen MR) is 127 cm³/mol. The minimum absolute atomic E-state index is 0.0348. The van der Waals surface area contributed by atoms with Gasteiger partial charge in [-0.25, -0.2) is 0 Å². The lowest BCUT2D eigenvalue weighted by molar-refractivity contribution is -0.185. The molecule has 0 bridgehead atoms. The number of primary amides is 1. The largest absolute Gasteiger partial charge is 0.507 e. The average molecular weight is 519 g/mol. The summed E-state index contributed by atoms with van der Waals surface area (Å²) >= 11 is 0. The van der Waals surface area contributed by atoms with E-state index in [4.69, 9.17) is 15.2 Å². The van der Waals surface area contributed by atoms with Gasteiger partial charge >= 0.3 is 0 Å². The number of hydrogen-bond donors (Lipinski definition) is 4. The van der Waals surface area contributed by atoms with Crippen LogP contribution in [0.25, 0.3) is 11.6 Å². The first-order chi connectivity index (χ1) is 18.1. The molecule has 0 saturated heterocycles. The number of carbonyl (C=O) groups excluding carboxylic acids is 5. The molecule has 38 heavy (non-hydrogen) atoms. The van der Waals surface area contributed by atoms with E-state index in [9.17, 15) is 39.3 Å². The van der Waals surface area contributed by atoms with E-state index in [0.717, 1.165) is 0 Å². The summed E-state index contributed by atoms with van der Waals surface area (Å²) in [5, 5.41) is 33.5. The molecule has 2 unspecified atom stereocenters. The van der Waals surface area contributed by atoms with Crippen LogP contribution in [0.2, 0.25) is 0 Å². The highest BCUT2D eigenvalue weighted by molar-refractivity contribution is 6.32. The fourth-order valence-electron chi connectivity index (χ4n) is 6.22. The van der Waals surface area contributed by atoms with Crippen LogP contribution in [-0.4, -0.2) is 62.9 Å². The molecule has 0 radical (unpaired) electrons. The Kier molecular flexibility index (Phi) is 5.10. The van der Waals surface area contributed by atoms with Crippen molar-refractivity contribution >= 4 is 40.7 Å². The van der Waals surface area contributed by atoms with E-state index in [2.05, 4.69) is 0 Å². The molecule has 5 N–H and O–H groups in total. The van der Waals surface area contributed by atoms with E-state index < -0.39 is 76.6 Å². The molecule has 11 heteroatoms. The highest BCUT2D eigenvalue weighted by Crippen LogP contribution is 2.54. The van der Waals surface area contributed by atoms with Crippen LogP contribution in [0.5, 0.6) is 17.2 Å². The molecule has 194 valence electrons. The van der Waals surface area contributed by atoms with Gasteiger partial charge in [-0.2, -0.15) is 0 Å². The van der Waals surface area contributed by atoms with E-state index in [1.54, 1.807) is 30.3 Å². The Morgan fingerprint density at radius 1 is 1.05 bits per heavy atom. The minimum Gasteiger partial charge on any atom is -0.507 e. The van der Waals surface area contributed by atoms with Gasteiger partial charge in [-0.3, -0.25) is 24.0 Å². The SMILES string of the molecule is NC(=O)C1C(=O)C[C@@H]2[C@@H](O)[C@@H]3C(=Cc4ccc5c(c4)OCO5)c4cccc(O)c4C(=O)C3C(=O)[C@]2(O)C1=O. The number of rotatable bonds is 2. The molecule has 0 aromatic heterocycles. The second kappa shape index (κ2) is 8.07. The zero-order valence-corrected chi connectivity index (χ0v) is 19.6. The number of Topliss-reactive ketones (excluding diaryl/α,β-unsaturated/α-hetero) is 4. The second-order valence-electron chi connectivity index (χ2n) is 9.88. The Morgan fingerprint density at radius 3 is 2.53 bits per heavy atom.